The van der Waals surface area contributed by atoms with Gasteiger partial charge in [0.2, 0.25) is 0 Å². The lowest BCUT2D eigenvalue weighted by molar-refractivity contribution is 0.648. The minimum Gasteiger partial charge on any atom is -0.146 e. The summed E-state index contributed by atoms with van der Waals surface area (Å²) in [5.41, 5.74) is 0. The van der Waals surface area contributed by atoms with Gasteiger partial charge in [-0.2, -0.15) is 0 Å². The molecule has 0 aliphatic rings. The van der Waals surface area contributed by atoms with Crippen LogP contribution in [0.5, 0.6) is 0 Å². The van der Waals surface area contributed by atoms with E-state index in [-0.39, 0.29) is 0 Å². The highest BCUT2D eigenvalue weighted by Crippen LogP contribution is 2.38. The SMILES string of the molecule is CC(C)C(Br)c1sccc1Cl. The highest BCUT2D eigenvalue weighted by Gasteiger charge is 2.15. The Bertz CT molecular complexity index is 232. The zero-order valence-corrected chi connectivity index (χ0v) is 9.63. The van der Waals surface area contributed by atoms with E-state index in [1.54, 1.807) is 11.3 Å². The third-order valence-electron chi connectivity index (χ3n) is 1.48. The van der Waals surface area contributed by atoms with Crippen LogP contribution in [0.2, 0.25) is 5.02 Å². The van der Waals surface area contributed by atoms with Crippen molar-refractivity contribution < 1.29 is 0 Å². The topological polar surface area (TPSA) is 0 Å². The summed E-state index contributed by atoms with van der Waals surface area (Å²) >= 11 is 11.3. The fourth-order valence-electron chi connectivity index (χ4n) is 0.805. The first-order chi connectivity index (χ1) is 5.13. The van der Waals surface area contributed by atoms with Crippen molar-refractivity contribution in [2.75, 3.05) is 0 Å². The third-order valence-corrected chi connectivity index (χ3v) is 4.74. The molecule has 0 nitrogen and oxygen atoms in total. The van der Waals surface area contributed by atoms with E-state index < -0.39 is 0 Å². The Balaban J connectivity index is 2.84. The molecule has 1 rings (SSSR count). The molecule has 1 unspecified atom stereocenters. The summed E-state index contributed by atoms with van der Waals surface area (Å²) in [6.07, 6.45) is 0. The van der Waals surface area contributed by atoms with Crippen molar-refractivity contribution in [1.82, 2.24) is 0 Å². The lowest BCUT2D eigenvalue weighted by atomic mass is 10.1. The summed E-state index contributed by atoms with van der Waals surface area (Å²) in [5, 5.41) is 2.90. The van der Waals surface area contributed by atoms with Crippen LogP contribution in [0.1, 0.15) is 23.6 Å². The molecule has 0 spiro atoms. The van der Waals surface area contributed by atoms with Gasteiger partial charge in [0.05, 0.1) is 9.85 Å². The molecule has 0 N–H and O–H groups in total. The zero-order chi connectivity index (χ0) is 8.43. The van der Waals surface area contributed by atoms with Crippen LogP contribution >= 0.6 is 38.9 Å². The molecule has 3 heteroatoms. The number of thiophene rings is 1. The van der Waals surface area contributed by atoms with Gasteiger partial charge in [-0.25, -0.2) is 0 Å². The normalized spacial score (nSPS) is 13.9. The first kappa shape index (κ1) is 9.56. The van der Waals surface area contributed by atoms with Gasteiger partial charge in [0.25, 0.3) is 0 Å². The van der Waals surface area contributed by atoms with Gasteiger partial charge in [0.15, 0.2) is 0 Å². The Kier molecular flexibility index (Phi) is 3.41. The molecule has 1 aromatic rings. The quantitative estimate of drug-likeness (QED) is 0.681. The van der Waals surface area contributed by atoms with Crippen LogP contribution in [0.25, 0.3) is 0 Å². The van der Waals surface area contributed by atoms with E-state index in [1.807, 2.05) is 11.4 Å². The fraction of sp³-hybridized carbons (Fsp3) is 0.500. The van der Waals surface area contributed by atoms with Crippen molar-refractivity contribution in [3.05, 3.63) is 21.3 Å². The third kappa shape index (κ3) is 2.20. The molecule has 0 saturated carbocycles. The molecule has 0 amide bonds. The molecule has 0 fully saturated rings. The van der Waals surface area contributed by atoms with Crippen molar-refractivity contribution in [2.45, 2.75) is 18.7 Å². The molecule has 0 aromatic carbocycles. The van der Waals surface area contributed by atoms with Gasteiger partial charge in [0, 0.05) is 4.88 Å². The molecule has 0 bridgehead atoms. The Morgan fingerprint density at radius 2 is 2.18 bits per heavy atom. The predicted octanol–water partition coefficient (Wildman–Crippen LogP) is 4.49. The summed E-state index contributed by atoms with van der Waals surface area (Å²) in [7, 11) is 0. The predicted molar refractivity (Wildman–Crippen MR) is 55.8 cm³/mol. The molecule has 62 valence electrons. The van der Waals surface area contributed by atoms with Gasteiger partial charge in [-0.05, 0) is 17.4 Å². The van der Waals surface area contributed by atoms with Crippen molar-refractivity contribution in [3.8, 4) is 0 Å². The van der Waals surface area contributed by atoms with E-state index in [1.165, 1.54) is 4.88 Å². The molecule has 0 aliphatic carbocycles. The Morgan fingerprint density at radius 3 is 2.55 bits per heavy atom. The smallest absolute Gasteiger partial charge is 0.0556 e. The average molecular weight is 254 g/mol. The van der Waals surface area contributed by atoms with Gasteiger partial charge < -0.3 is 0 Å². The van der Waals surface area contributed by atoms with Crippen molar-refractivity contribution in [1.29, 1.82) is 0 Å². The van der Waals surface area contributed by atoms with Gasteiger partial charge >= 0.3 is 0 Å². The van der Waals surface area contributed by atoms with Crippen LogP contribution in [-0.2, 0) is 0 Å². The van der Waals surface area contributed by atoms with E-state index in [2.05, 4.69) is 29.8 Å². The minimum absolute atomic E-state index is 0.398. The Labute approximate surface area is 84.7 Å². The van der Waals surface area contributed by atoms with Crippen LogP contribution in [0.3, 0.4) is 0 Å². The van der Waals surface area contributed by atoms with E-state index in [0.717, 1.165) is 5.02 Å². The van der Waals surface area contributed by atoms with Gasteiger partial charge in [0.1, 0.15) is 0 Å². The largest absolute Gasteiger partial charge is 0.146 e. The molecule has 0 radical (unpaired) electrons. The van der Waals surface area contributed by atoms with Gasteiger partial charge in [-0.3, -0.25) is 0 Å². The lowest BCUT2D eigenvalue weighted by Gasteiger charge is -2.11. The van der Waals surface area contributed by atoms with Crippen molar-refractivity contribution in [3.63, 3.8) is 0 Å². The minimum atomic E-state index is 0.398. The monoisotopic (exact) mass is 252 g/mol. The summed E-state index contributed by atoms with van der Waals surface area (Å²) < 4.78 is 0. The second kappa shape index (κ2) is 3.92. The zero-order valence-electron chi connectivity index (χ0n) is 6.47. The number of rotatable bonds is 2. The van der Waals surface area contributed by atoms with Crippen LogP contribution < -0.4 is 0 Å². The van der Waals surface area contributed by atoms with Crippen LogP contribution in [0.15, 0.2) is 11.4 Å². The first-order valence-corrected chi connectivity index (χ1v) is 5.67. The standard InChI is InChI=1S/C8H10BrClS/c1-5(2)7(9)8-6(10)3-4-11-8/h3-5,7H,1-2H3. The highest BCUT2D eigenvalue weighted by atomic mass is 79.9. The molecule has 1 heterocycles. The Morgan fingerprint density at radius 1 is 1.55 bits per heavy atom. The van der Waals surface area contributed by atoms with E-state index >= 15 is 0 Å². The van der Waals surface area contributed by atoms with Crippen LogP contribution in [-0.4, -0.2) is 0 Å². The summed E-state index contributed by atoms with van der Waals surface area (Å²) in [4.78, 5) is 1.64. The fourth-order valence-corrected chi connectivity index (χ4v) is 2.83. The molecule has 1 atom stereocenters. The summed E-state index contributed by atoms with van der Waals surface area (Å²) in [5.74, 6) is 0.589. The Hall–Kier alpha value is 0.470. The molecular weight excluding hydrogens is 244 g/mol. The lowest BCUT2D eigenvalue weighted by Crippen LogP contribution is -1.95. The molecule has 0 aliphatic heterocycles. The van der Waals surface area contributed by atoms with Crippen molar-refractivity contribution in [2.24, 2.45) is 5.92 Å². The maximum Gasteiger partial charge on any atom is 0.0556 e. The summed E-state index contributed by atoms with van der Waals surface area (Å²) in [6, 6.07) is 1.94. The molecule has 0 saturated heterocycles. The summed E-state index contributed by atoms with van der Waals surface area (Å²) in [6.45, 7) is 4.35. The number of alkyl halides is 1. The maximum atomic E-state index is 5.96. The number of hydrogen-bond donors (Lipinski definition) is 0. The van der Waals surface area contributed by atoms with E-state index in [9.17, 15) is 0 Å². The highest BCUT2D eigenvalue weighted by molar-refractivity contribution is 9.09. The number of hydrogen-bond acceptors (Lipinski definition) is 1. The maximum absolute atomic E-state index is 5.96. The second-order valence-corrected chi connectivity index (χ2v) is 5.12. The number of halogens is 2. The van der Waals surface area contributed by atoms with Crippen LogP contribution in [0.4, 0.5) is 0 Å². The first-order valence-electron chi connectivity index (χ1n) is 3.50. The molecular formula is C8H10BrClS. The molecule has 11 heavy (non-hydrogen) atoms. The molecule has 1 aromatic heterocycles. The second-order valence-electron chi connectivity index (χ2n) is 2.78. The average Bonchev–Trinajstić information content (AvgIpc) is 2.33. The van der Waals surface area contributed by atoms with Crippen molar-refractivity contribution >= 4 is 38.9 Å². The van der Waals surface area contributed by atoms with E-state index in [0.29, 0.717) is 10.7 Å². The van der Waals surface area contributed by atoms with Crippen LogP contribution in [0, 0.1) is 5.92 Å². The van der Waals surface area contributed by atoms with Gasteiger partial charge in [-0.15, -0.1) is 11.3 Å². The van der Waals surface area contributed by atoms with E-state index in [4.69, 9.17) is 11.6 Å². The van der Waals surface area contributed by atoms with Gasteiger partial charge in [-0.1, -0.05) is 41.4 Å².